The fraction of sp³-hybridized carbons (Fsp3) is 0.0909. The highest BCUT2D eigenvalue weighted by atomic mass is 79.9. The third-order valence-corrected chi connectivity index (χ3v) is 5.72. The van der Waals surface area contributed by atoms with E-state index in [0.29, 0.717) is 11.3 Å². The van der Waals surface area contributed by atoms with E-state index in [1.54, 1.807) is 22.9 Å². The molecule has 0 unspecified atom stereocenters. The molecule has 9 heteroatoms. The van der Waals surface area contributed by atoms with Gasteiger partial charge in [-0.25, -0.2) is 0 Å². The van der Waals surface area contributed by atoms with E-state index in [4.69, 9.17) is 18.0 Å². The maximum atomic E-state index is 13.3. The minimum atomic E-state index is -0.576. The van der Waals surface area contributed by atoms with E-state index < -0.39 is 17.7 Å². The van der Waals surface area contributed by atoms with Gasteiger partial charge in [0.05, 0.1) is 5.69 Å². The third kappa shape index (κ3) is 3.89. The Morgan fingerprint density at radius 1 is 1.23 bits per heavy atom. The summed E-state index contributed by atoms with van der Waals surface area (Å²) in [5, 5.41) is 3.40. The van der Waals surface area contributed by atoms with Crippen molar-refractivity contribution < 1.29 is 14.4 Å². The Hall–Kier alpha value is -3.30. The first-order valence-corrected chi connectivity index (χ1v) is 10.5. The van der Waals surface area contributed by atoms with Crippen LogP contribution in [0.5, 0.6) is 0 Å². The first kappa shape index (κ1) is 21.0. The van der Waals surface area contributed by atoms with Gasteiger partial charge in [0.1, 0.15) is 12.1 Å². The van der Waals surface area contributed by atoms with E-state index in [2.05, 4.69) is 21.2 Å². The smallest absolute Gasteiger partial charge is 0.270 e. The number of hydrogen-bond acceptors (Lipinski definition) is 4. The van der Waals surface area contributed by atoms with E-state index in [1.807, 2.05) is 37.3 Å². The molecular formula is C22H17BrN4O3S. The molecule has 0 spiro atoms. The number of rotatable bonds is 4. The number of nitrogens with one attached hydrogen (secondary N) is 1. The summed E-state index contributed by atoms with van der Waals surface area (Å²) in [6.07, 6.45) is 3.21. The number of para-hydroxylation sites is 1. The van der Waals surface area contributed by atoms with Gasteiger partial charge in [0.25, 0.3) is 11.8 Å². The van der Waals surface area contributed by atoms with E-state index >= 15 is 0 Å². The summed E-state index contributed by atoms with van der Waals surface area (Å²) in [4.78, 5) is 38.7. The quantitative estimate of drug-likeness (QED) is 0.329. The third-order valence-electron chi connectivity index (χ3n) is 4.95. The Morgan fingerprint density at radius 2 is 1.97 bits per heavy atom. The van der Waals surface area contributed by atoms with Gasteiger partial charge in [-0.3, -0.25) is 24.6 Å². The number of hydrogen-bond donors (Lipinski definition) is 2. The first-order valence-electron chi connectivity index (χ1n) is 9.30. The van der Waals surface area contributed by atoms with Gasteiger partial charge in [0, 0.05) is 27.1 Å². The van der Waals surface area contributed by atoms with E-state index in [-0.39, 0.29) is 17.2 Å². The maximum absolute atomic E-state index is 13.3. The van der Waals surface area contributed by atoms with Crippen LogP contribution < -0.4 is 16.0 Å². The molecule has 1 fully saturated rings. The molecular weight excluding hydrogens is 480 g/mol. The van der Waals surface area contributed by atoms with Gasteiger partial charge in [0.15, 0.2) is 5.11 Å². The summed E-state index contributed by atoms with van der Waals surface area (Å²) in [5.41, 5.74) is 8.09. The Bertz CT molecular complexity index is 1310. The molecule has 1 saturated heterocycles. The zero-order valence-corrected chi connectivity index (χ0v) is 18.8. The van der Waals surface area contributed by atoms with Gasteiger partial charge < -0.3 is 10.3 Å². The number of nitrogens with zero attached hydrogens (tertiary/aromatic N) is 2. The van der Waals surface area contributed by atoms with E-state index in [9.17, 15) is 14.4 Å². The lowest BCUT2D eigenvalue weighted by molar-refractivity contribution is -0.122. The topological polar surface area (TPSA) is 97.4 Å². The van der Waals surface area contributed by atoms with Crippen LogP contribution in [0.25, 0.3) is 17.0 Å². The number of amides is 3. The number of halogens is 1. The lowest BCUT2D eigenvalue weighted by Crippen LogP contribution is -2.54. The minimum Gasteiger partial charge on any atom is -0.368 e. The predicted molar refractivity (Wildman–Crippen MR) is 126 cm³/mol. The van der Waals surface area contributed by atoms with Crippen LogP contribution in [0.4, 0.5) is 5.69 Å². The number of carbonyl (C=O) groups excluding carboxylic acids is 3. The zero-order valence-electron chi connectivity index (χ0n) is 16.4. The van der Waals surface area contributed by atoms with Gasteiger partial charge in [0.2, 0.25) is 5.91 Å². The van der Waals surface area contributed by atoms with Crippen LogP contribution in [0.2, 0.25) is 0 Å². The maximum Gasteiger partial charge on any atom is 0.270 e. The summed E-state index contributed by atoms with van der Waals surface area (Å²) in [6, 6.07) is 12.8. The molecule has 3 N–H and O–H groups in total. The minimum absolute atomic E-state index is 0.0157. The van der Waals surface area contributed by atoms with Crippen molar-refractivity contribution in [3.63, 3.8) is 0 Å². The van der Waals surface area contributed by atoms with Crippen molar-refractivity contribution in [2.24, 2.45) is 5.73 Å². The molecule has 1 aliphatic heterocycles. The molecule has 31 heavy (non-hydrogen) atoms. The summed E-state index contributed by atoms with van der Waals surface area (Å²) < 4.78 is 2.56. The second-order valence-electron chi connectivity index (χ2n) is 7.08. The zero-order chi connectivity index (χ0) is 22.3. The second-order valence-corrected chi connectivity index (χ2v) is 8.39. The van der Waals surface area contributed by atoms with Gasteiger partial charge in [-0.1, -0.05) is 34.1 Å². The van der Waals surface area contributed by atoms with Gasteiger partial charge >= 0.3 is 0 Å². The molecule has 0 bridgehead atoms. The van der Waals surface area contributed by atoms with Crippen molar-refractivity contribution in [3.8, 4) is 0 Å². The number of primary amides is 1. The average molecular weight is 497 g/mol. The van der Waals surface area contributed by atoms with Crippen molar-refractivity contribution in [2.75, 3.05) is 4.90 Å². The predicted octanol–water partition coefficient (Wildman–Crippen LogP) is 3.03. The van der Waals surface area contributed by atoms with Crippen molar-refractivity contribution in [1.29, 1.82) is 0 Å². The molecule has 1 aromatic heterocycles. The highest BCUT2D eigenvalue weighted by molar-refractivity contribution is 9.10. The van der Waals surface area contributed by atoms with E-state index in [1.165, 1.54) is 11.0 Å². The summed E-state index contributed by atoms with van der Waals surface area (Å²) in [6.45, 7) is 1.84. The number of aryl methyl sites for hydroxylation is 1. The molecule has 7 nitrogen and oxygen atoms in total. The summed E-state index contributed by atoms with van der Waals surface area (Å²) >= 11 is 8.69. The van der Waals surface area contributed by atoms with Crippen molar-refractivity contribution in [1.82, 2.24) is 9.88 Å². The molecule has 156 valence electrons. The Kier molecular flexibility index (Phi) is 5.47. The molecule has 0 atom stereocenters. The largest absolute Gasteiger partial charge is 0.368 e. The summed E-state index contributed by atoms with van der Waals surface area (Å²) in [7, 11) is 0. The number of thiocarbonyl (C=S) groups is 1. The first-order chi connectivity index (χ1) is 14.8. The molecule has 3 amide bonds. The number of nitrogens with two attached hydrogens (primary N) is 1. The van der Waals surface area contributed by atoms with Crippen molar-refractivity contribution in [3.05, 3.63) is 69.8 Å². The molecule has 2 heterocycles. The lowest BCUT2D eigenvalue weighted by atomic mass is 10.1. The monoisotopic (exact) mass is 496 g/mol. The Labute approximate surface area is 191 Å². The van der Waals surface area contributed by atoms with Crippen LogP contribution in [0.1, 0.15) is 11.1 Å². The highest BCUT2D eigenvalue weighted by Gasteiger charge is 2.35. The number of benzene rings is 2. The molecule has 3 aromatic rings. The summed E-state index contributed by atoms with van der Waals surface area (Å²) in [5.74, 6) is -1.59. The molecule has 0 aliphatic carbocycles. The number of anilines is 1. The molecule has 0 saturated carbocycles. The number of aromatic nitrogens is 1. The van der Waals surface area contributed by atoms with Crippen LogP contribution in [-0.4, -0.2) is 27.4 Å². The average Bonchev–Trinajstić information content (AvgIpc) is 3.03. The van der Waals surface area contributed by atoms with E-state index in [0.717, 1.165) is 20.9 Å². The van der Waals surface area contributed by atoms with Gasteiger partial charge in [-0.05, 0) is 55.0 Å². The molecule has 2 aromatic carbocycles. The van der Waals surface area contributed by atoms with Crippen LogP contribution in [0, 0.1) is 6.92 Å². The standard InChI is InChI=1S/C22H17BrN4O3S/c1-12-8-14(23)6-7-17(12)27-21(30)16(20(29)25-22(27)31)9-13-10-26(11-19(24)28)18-5-3-2-4-15(13)18/h2-10H,11H2,1H3,(H2,24,28)(H,25,29,31)/b16-9+. The van der Waals surface area contributed by atoms with Crippen LogP contribution in [-0.2, 0) is 20.9 Å². The highest BCUT2D eigenvalue weighted by Crippen LogP contribution is 2.29. The van der Waals surface area contributed by atoms with Gasteiger partial charge in [-0.2, -0.15) is 0 Å². The number of carbonyl (C=O) groups is 3. The van der Waals surface area contributed by atoms with Crippen LogP contribution in [0.3, 0.4) is 0 Å². The van der Waals surface area contributed by atoms with Crippen molar-refractivity contribution >= 4 is 73.6 Å². The number of fused-ring (bicyclic) bond motifs is 1. The van der Waals surface area contributed by atoms with Crippen molar-refractivity contribution in [2.45, 2.75) is 13.5 Å². The fourth-order valence-electron chi connectivity index (χ4n) is 3.59. The molecule has 1 aliphatic rings. The fourth-order valence-corrected chi connectivity index (χ4v) is 4.34. The second kappa shape index (κ2) is 8.09. The molecule has 0 radical (unpaired) electrons. The lowest BCUT2D eigenvalue weighted by Gasteiger charge is -2.30. The Morgan fingerprint density at radius 3 is 2.68 bits per heavy atom. The van der Waals surface area contributed by atoms with Crippen LogP contribution in [0.15, 0.2) is 58.7 Å². The normalized spacial score (nSPS) is 15.6. The van der Waals surface area contributed by atoms with Gasteiger partial charge in [-0.15, -0.1) is 0 Å². The van der Waals surface area contributed by atoms with Crippen LogP contribution >= 0.6 is 28.1 Å². The SMILES string of the molecule is Cc1cc(Br)ccc1N1C(=O)/C(=C/c2cn(CC(N)=O)c3ccccc23)C(=O)NC1=S. The molecule has 4 rings (SSSR count). The Balaban J connectivity index is 1.82.